The fourth-order valence-electron chi connectivity index (χ4n) is 2.01. The molecule has 2 aromatic rings. The Labute approximate surface area is 151 Å². The van der Waals surface area contributed by atoms with E-state index in [1.807, 2.05) is 30.3 Å². The summed E-state index contributed by atoms with van der Waals surface area (Å²) in [5.41, 5.74) is 0. The fraction of sp³-hybridized carbons (Fsp3) is 0.235. The quantitative estimate of drug-likeness (QED) is 0.562. The van der Waals surface area contributed by atoms with E-state index in [0.29, 0.717) is 12.3 Å². The Bertz CT molecular complexity index is 796. The average Bonchev–Trinajstić information content (AvgIpc) is 2.60. The maximum Gasteiger partial charge on any atom is 0.243 e. The number of thioether (sulfide) groups is 1. The Morgan fingerprint density at radius 1 is 1.12 bits per heavy atom. The first-order valence-corrected chi connectivity index (χ1v) is 9.98. The lowest BCUT2D eigenvalue weighted by atomic mass is 10.4. The molecule has 134 valence electrons. The van der Waals surface area contributed by atoms with Gasteiger partial charge in [0.1, 0.15) is 5.82 Å². The van der Waals surface area contributed by atoms with Gasteiger partial charge in [-0.25, -0.2) is 12.8 Å². The van der Waals surface area contributed by atoms with Crippen molar-refractivity contribution in [1.82, 2.24) is 9.62 Å². The summed E-state index contributed by atoms with van der Waals surface area (Å²) in [4.78, 5) is 13.0. The molecule has 25 heavy (non-hydrogen) atoms. The normalized spacial score (nSPS) is 11.5. The smallest absolute Gasteiger partial charge is 0.243 e. The third kappa shape index (κ3) is 5.84. The number of nitrogens with zero attached hydrogens (tertiary/aromatic N) is 1. The van der Waals surface area contributed by atoms with E-state index in [9.17, 15) is 17.6 Å². The van der Waals surface area contributed by atoms with E-state index < -0.39 is 15.8 Å². The first kappa shape index (κ1) is 19.4. The first-order chi connectivity index (χ1) is 11.9. The van der Waals surface area contributed by atoms with Crippen LogP contribution in [0.4, 0.5) is 4.39 Å². The van der Waals surface area contributed by atoms with E-state index >= 15 is 0 Å². The lowest BCUT2D eigenvalue weighted by Gasteiger charge is -2.16. The number of benzene rings is 2. The summed E-state index contributed by atoms with van der Waals surface area (Å²) in [6.07, 6.45) is 0. The Morgan fingerprint density at radius 2 is 1.76 bits per heavy atom. The van der Waals surface area contributed by atoms with Crippen LogP contribution in [0.1, 0.15) is 0 Å². The molecule has 0 saturated carbocycles. The summed E-state index contributed by atoms with van der Waals surface area (Å²) < 4.78 is 38.5. The van der Waals surface area contributed by atoms with Crippen molar-refractivity contribution in [2.75, 3.05) is 25.9 Å². The molecule has 0 atom stereocenters. The Balaban J connectivity index is 1.80. The van der Waals surface area contributed by atoms with Crippen molar-refractivity contribution in [2.24, 2.45) is 0 Å². The number of rotatable bonds is 8. The predicted molar refractivity (Wildman–Crippen MR) is 96.4 cm³/mol. The van der Waals surface area contributed by atoms with Crippen LogP contribution in [0.3, 0.4) is 0 Å². The number of sulfonamides is 1. The van der Waals surface area contributed by atoms with Gasteiger partial charge in [-0.1, -0.05) is 18.2 Å². The Morgan fingerprint density at radius 3 is 2.40 bits per heavy atom. The van der Waals surface area contributed by atoms with E-state index in [4.69, 9.17) is 0 Å². The monoisotopic (exact) mass is 382 g/mol. The molecule has 2 rings (SSSR count). The van der Waals surface area contributed by atoms with Crippen molar-refractivity contribution in [1.29, 1.82) is 0 Å². The van der Waals surface area contributed by atoms with Crippen LogP contribution in [0.2, 0.25) is 0 Å². The molecule has 8 heteroatoms. The highest BCUT2D eigenvalue weighted by atomic mass is 32.2. The van der Waals surface area contributed by atoms with E-state index in [2.05, 4.69) is 5.32 Å². The minimum absolute atomic E-state index is 0.0520. The number of likely N-dealkylation sites (N-methyl/N-ethyl adjacent to an activating group) is 1. The summed E-state index contributed by atoms with van der Waals surface area (Å²) in [7, 11) is -2.51. The summed E-state index contributed by atoms with van der Waals surface area (Å²) in [5, 5.41) is 2.69. The third-order valence-corrected chi connectivity index (χ3v) is 6.16. The van der Waals surface area contributed by atoms with Crippen LogP contribution in [0.5, 0.6) is 0 Å². The zero-order valence-corrected chi connectivity index (χ0v) is 15.3. The molecular formula is C17H19FN2O3S2. The molecule has 0 spiro atoms. The third-order valence-electron chi connectivity index (χ3n) is 3.32. The lowest BCUT2D eigenvalue weighted by Crippen LogP contribution is -2.39. The number of hydrogen-bond donors (Lipinski definition) is 1. The topological polar surface area (TPSA) is 66.5 Å². The molecule has 0 aliphatic heterocycles. The first-order valence-electron chi connectivity index (χ1n) is 7.56. The minimum Gasteiger partial charge on any atom is -0.354 e. The summed E-state index contributed by atoms with van der Waals surface area (Å²) in [6.45, 7) is 0.137. The zero-order valence-electron chi connectivity index (χ0n) is 13.7. The molecule has 0 aromatic heterocycles. The number of carbonyl (C=O) groups excluding carboxylic acids is 1. The van der Waals surface area contributed by atoms with Crippen molar-refractivity contribution in [3.05, 3.63) is 60.4 Å². The van der Waals surface area contributed by atoms with Gasteiger partial charge in [-0.2, -0.15) is 4.31 Å². The second kappa shape index (κ2) is 8.98. The standard InChI is InChI=1S/C17H19FN2O3S2/c1-20(25(22,23)16-9-7-14(18)8-10-16)13-17(21)19-11-12-24-15-5-3-2-4-6-15/h2-10H,11-13H2,1H3,(H,19,21). The number of halogens is 1. The predicted octanol–water partition coefficient (Wildman–Crippen LogP) is 2.35. The highest BCUT2D eigenvalue weighted by molar-refractivity contribution is 7.99. The lowest BCUT2D eigenvalue weighted by molar-refractivity contribution is -0.121. The van der Waals surface area contributed by atoms with Crippen molar-refractivity contribution in [2.45, 2.75) is 9.79 Å². The van der Waals surface area contributed by atoms with Gasteiger partial charge in [-0.05, 0) is 36.4 Å². The molecule has 0 bridgehead atoms. The highest BCUT2D eigenvalue weighted by Gasteiger charge is 2.22. The summed E-state index contributed by atoms with van der Waals surface area (Å²) in [6, 6.07) is 14.3. The van der Waals surface area contributed by atoms with Crippen molar-refractivity contribution < 1.29 is 17.6 Å². The second-order valence-corrected chi connectivity index (χ2v) is 8.44. The highest BCUT2D eigenvalue weighted by Crippen LogP contribution is 2.16. The molecule has 0 aliphatic carbocycles. The van der Waals surface area contributed by atoms with Crippen molar-refractivity contribution >= 4 is 27.7 Å². The van der Waals surface area contributed by atoms with E-state index in [-0.39, 0.29) is 17.3 Å². The molecule has 0 fully saturated rings. The molecule has 1 N–H and O–H groups in total. The summed E-state index contributed by atoms with van der Waals surface area (Å²) in [5.74, 6) is -0.221. The van der Waals surface area contributed by atoms with Crippen LogP contribution >= 0.6 is 11.8 Å². The van der Waals surface area contributed by atoms with Gasteiger partial charge in [0.25, 0.3) is 0 Å². The molecule has 0 aliphatic rings. The molecule has 0 heterocycles. The molecule has 0 saturated heterocycles. The molecule has 5 nitrogen and oxygen atoms in total. The molecular weight excluding hydrogens is 363 g/mol. The maximum absolute atomic E-state index is 12.9. The minimum atomic E-state index is -3.82. The van der Waals surface area contributed by atoms with E-state index in [1.165, 1.54) is 19.2 Å². The SMILES string of the molecule is CN(CC(=O)NCCSc1ccccc1)S(=O)(=O)c1ccc(F)cc1. The van der Waals surface area contributed by atoms with Crippen LogP contribution in [-0.4, -0.2) is 44.5 Å². The Kier molecular flexibility index (Phi) is 6.98. The van der Waals surface area contributed by atoms with Crippen LogP contribution in [0.25, 0.3) is 0 Å². The number of hydrogen-bond acceptors (Lipinski definition) is 4. The molecule has 0 radical (unpaired) electrons. The van der Waals surface area contributed by atoms with Crippen LogP contribution < -0.4 is 5.32 Å². The van der Waals surface area contributed by atoms with Crippen LogP contribution in [0, 0.1) is 5.82 Å². The average molecular weight is 382 g/mol. The number of amides is 1. The Hall–Kier alpha value is -1.90. The van der Waals surface area contributed by atoms with Gasteiger partial charge in [0.15, 0.2) is 0 Å². The second-order valence-electron chi connectivity index (χ2n) is 5.23. The van der Waals surface area contributed by atoms with Gasteiger partial charge in [0.05, 0.1) is 11.4 Å². The van der Waals surface area contributed by atoms with E-state index in [1.54, 1.807) is 11.8 Å². The van der Waals surface area contributed by atoms with Gasteiger partial charge in [0.2, 0.25) is 15.9 Å². The van der Waals surface area contributed by atoms with Gasteiger partial charge < -0.3 is 5.32 Å². The van der Waals surface area contributed by atoms with Crippen LogP contribution in [0.15, 0.2) is 64.4 Å². The fourth-order valence-corrected chi connectivity index (χ4v) is 3.92. The van der Waals surface area contributed by atoms with Gasteiger partial charge in [0, 0.05) is 24.2 Å². The number of carbonyl (C=O) groups is 1. The molecule has 1 amide bonds. The van der Waals surface area contributed by atoms with Gasteiger partial charge in [-0.15, -0.1) is 11.8 Å². The largest absolute Gasteiger partial charge is 0.354 e. The van der Waals surface area contributed by atoms with E-state index in [0.717, 1.165) is 21.3 Å². The number of nitrogens with one attached hydrogen (secondary N) is 1. The molecule has 2 aromatic carbocycles. The van der Waals surface area contributed by atoms with Gasteiger partial charge in [-0.3, -0.25) is 4.79 Å². The van der Waals surface area contributed by atoms with Crippen LogP contribution in [-0.2, 0) is 14.8 Å². The van der Waals surface area contributed by atoms with Crippen molar-refractivity contribution in [3.8, 4) is 0 Å². The van der Waals surface area contributed by atoms with Gasteiger partial charge >= 0.3 is 0 Å². The van der Waals surface area contributed by atoms with Crippen molar-refractivity contribution in [3.63, 3.8) is 0 Å². The summed E-state index contributed by atoms with van der Waals surface area (Å²) >= 11 is 1.60. The molecule has 0 unspecified atom stereocenters. The maximum atomic E-state index is 12.9. The zero-order chi connectivity index (χ0) is 18.3.